The van der Waals surface area contributed by atoms with Crippen molar-refractivity contribution in [1.29, 1.82) is 0 Å². The molecule has 3 aromatic heterocycles. The number of ether oxygens (including phenoxy) is 1. The molecule has 0 aliphatic rings. The monoisotopic (exact) mass is 511 g/mol. The van der Waals surface area contributed by atoms with Gasteiger partial charge >= 0.3 is 0 Å². The third-order valence-corrected chi connectivity index (χ3v) is 6.01. The summed E-state index contributed by atoms with van der Waals surface area (Å²) < 4.78 is 6.02. The van der Waals surface area contributed by atoms with Gasteiger partial charge in [0.25, 0.3) is 0 Å². The molecule has 3 aromatic rings. The first-order chi connectivity index (χ1) is 17.7. The number of hydrogen-bond donors (Lipinski definition) is 1. The normalized spacial score (nSPS) is 10.2. The predicted molar refractivity (Wildman–Crippen MR) is 158 cm³/mol. The van der Waals surface area contributed by atoms with Crippen LogP contribution < -0.4 is 15.1 Å². The van der Waals surface area contributed by atoms with E-state index >= 15 is 0 Å². The summed E-state index contributed by atoms with van der Waals surface area (Å²) in [5.41, 5.74) is 6.01. The molecule has 3 rings (SSSR count). The van der Waals surface area contributed by atoms with Crippen LogP contribution in [0.1, 0.15) is 77.6 Å². The first-order valence-electron chi connectivity index (χ1n) is 13.4. The van der Waals surface area contributed by atoms with Crippen LogP contribution in [0.4, 0.5) is 10.7 Å². The number of rotatable bonds is 13. The molecule has 6 nitrogen and oxygen atoms in total. The second kappa shape index (κ2) is 19.3. The molecular formula is C29H45N5OS. The van der Waals surface area contributed by atoms with E-state index in [1.807, 2.05) is 52.0 Å². The number of nitrogens with one attached hydrogen (secondary N) is 1. The van der Waals surface area contributed by atoms with Crippen LogP contribution in [-0.2, 0) is 12.8 Å². The van der Waals surface area contributed by atoms with Crippen molar-refractivity contribution in [3.8, 4) is 5.88 Å². The van der Waals surface area contributed by atoms with E-state index in [1.165, 1.54) is 4.88 Å². The first kappa shape index (κ1) is 31.1. The SMILES string of the molecule is CC.CC.CCCN(CCC)c1cc(/C=N/Nc2ccc(CC)s2)nc(OCCc2ccccn2)c1. The Kier molecular flexibility index (Phi) is 16.7. The molecule has 0 spiro atoms. The van der Waals surface area contributed by atoms with E-state index in [0.29, 0.717) is 12.5 Å². The Morgan fingerprint density at radius 2 is 1.75 bits per heavy atom. The molecule has 3 heterocycles. The molecule has 36 heavy (non-hydrogen) atoms. The van der Waals surface area contributed by atoms with Gasteiger partial charge in [-0.05, 0) is 49.6 Å². The predicted octanol–water partition coefficient (Wildman–Crippen LogP) is 7.85. The van der Waals surface area contributed by atoms with Gasteiger partial charge in [0.05, 0.1) is 18.5 Å². The largest absolute Gasteiger partial charge is 0.477 e. The van der Waals surface area contributed by atoms with Crippen molar-refractivity contribution in [2.75, 3.05) is 30.0 Å². The molecule has 1 N–H and O–H groups in total. The number of anilines is 2. The zero-order valence-electron chi connectivity index (χ0n) is 23.3. The summed E-state index contributed by atoms with van der Waals surface area (Å²) in [4.78, 5) is 12.7. The summed E-state index contributed by atoms with van der Waals surface area (Å²) in [5.74, 6) is 0.612. The number of aryl methyl sites for hydroxylation is 1. The topological polar surface area (TPSA) is 62.6 Å². The summed E-state index contributed by atoms with van der Waals surface area (Å²) in [6, 6.07) is 14.2. The highest BCUT2D eigenvalue weighted by Crippen LogP contribution is 2.23. The molecule has 0 radical (unpaired) electrons. The van der Waals surface area contributed by atoms with Crippen molar-refractivity contribution >= 4 is 28.2 Å². The number of hydrogen-bond acceptors (Lipinski definition) is 7. The molecule has 0 aliphatic heterocycles. The number of thiophene rings is 1. The quantitative estimate of drug-likeness (QED) is 0.187. The van der Waals surface area contributed by atoms with Crippen LogP contribution in [0.2, 0.25) is 0 Å². The molecule has 0 fully saturated rings. The highest BCUT2D eigenvalue weighted by atomic mass is 32.1. The fourth-order valence-electron chi connectivity index (χ4n) is 3.34. The molecule has 0 amide bonds. The zero-order valence-corrected chi connectivity index (χ0v) is 24.1. The van der Waals surface area contributed by atoms with Crippen LogP contribution in [0.25, 0.3) is 0 Å². The standard InChI is InChI=1S/C25H33N5OS.2C2H6/c1-4-14-30(15-5-2)22-17-21(19-27-29-25-11-10-23(6-3)32-25)28-24(18-22)31-16-12-20-9-7-8-13-26-20;2*1-2/h7-11,13,17-19,29H,4-6,12,14-16H2,1-3H3;2*1-2H3/b27-19+;;. The van der Waals surface area contributed by atoms with Gasteiger partial charge in [-0.25, -0.2) is 4.98 Å². The van der Waals surface area contributed by atoms with Crippen molar-refractivity contribution < 1.29 is 4.74 Å². The summed E-state index contributed by atoms with van der Waals surface area (Å²) in [6.45, 7) is 17.1. The fourth-order valence-corrected chi connectivity index (χ4v) is 4.14. The lowest BCUT2D eigenvalue weighted by Crippen LogP contribution is -2.25. The summed E-state index contributed by atoms with van der Waals surface area (Å²) in [5, 5.41) is 5.44. The molecule has 0 saturated heterocycles. The number of pyridine rings is 2. The average Bonchev–Trinajstić information content (AvgIpc) is 3.39. The molecule has 0 unspecified atom stereocenters. The van der Waals surface area contributed by atoms with E-state index in [0.717, 1.165) is 60.8 Å². The van der Waals surface area contributed by atoms with Gasteiger partial charge in [0.15, 0.2) is 0 Å². The molecule has 198 valence electrons. The van der Waals surface area contributed by atoms with Crippen molar-refractivity contribution in [1.82, 2.24) is 9.97 Å². The molecule has 7 heteroatoms. The van der Waals surface area contributed by atoms with Gasteiger partial charge in [-0.2, -0.15) is 5.10 Å². The van der Waals surface area contributed by atoms with E-state index in [4.69, 9.17) is 4.74 Å². The molecule has 0 atom stereocenters. The lowest BCUT2D eigenvalue weighted by molar-refractivity contribution is 0.308. The number of aromatic nitrogens is 2. The van der Waals surface area contributed by atoms with Crippen LogP contribution in [-0.4, -0.2) is 35.9 Å². The molecule has 0 bridgehead atoms. The molecule has 0 aliphatic carbocycles. The van der Waals surface area contributed by atoms with E-state index < -0.39 is 0 Å². The van der Waals surface area contributed by atoms with E-state index in [1.54, 1.807) is 23.7 Å². The average molecular weight is 512 g/mol. The summed E-state index contributed by atoms with van der Waals surface area (Å²) >= 11 is 1.72. The van der Waals surface area contributed by atoms with E-state index in [-0.39, 0.29) is 0 Å². The third-order valence-electron chi connectivity index (χ3n) is 4.87. The van der Waals surface area contributed by atoms with Gasteiger partial charge in [-0.1, -0.05) is 54.5 Å². The number of nitrogens with zero attached hydrogens (tertiary/aromatic N) is 4. The van der Waals surface area contributed by atoms with E-state index in [2.05, 4.69) is 64.4 Å². The lowest BCUT2D eigenvalue weighted by Gasteiger charge is -2.24. The Hall–Kier alpha value is -2.93. The van der Waals surface area contributed by atoms with E-state index in [9.17, 15) is 0 Å². The van der Waals surface area contributed by atoms with Crippen LogP contribution in [0.3, 0.4) is 0 Å². The third kappa shape index (κ3) is 11.2. The van der Waals surface area contributed by atoms with Gasteiger partial charge in [-0.3, -0.25) is 10.4 Å². The van der Waals surface area contributed by atoms with Gasteiger partial charge < -0.3 is 9.64 Å². The van der Waals surface area contributed by atoms with Gasteiger partial charge in [0.1, 0.15) is 5.00 Å². The van der Waals surface area contributed by atoms with Crippen LogP contribution in [0.5, 0.6) is 5.88 Å². The second-order valence-corrected chi connectivity index (χ2v) is 8.65. The van der Waals surface area contributed by atoms with Crippen molar-refractivity contribution in [3.05, 3.63) is 64.9 Å². The molecular weight excluding hydrogens is 466 g/mol. The molecule has 0 aromatic carbocycles. The highest BCUT2D eigenvalue weighted by Gasteiger charge is 2.10. The maximum Gasteiger partial charge on any atom is 0.215 e. The molecule has 0 saturated carbocycles. The fraction of sp³-hybridized carbons (Fsp3) is 0.483. The number of hydrazone groups is 1. The second-order valence-electron chi connectivity index (χ2n) is 7.48. The van der Waals surface area contributed by atoms with Gasteiger partial charge in [-0.15, -0.1) is 11.3 Å². The van der Waals surface area contributed by atoms with Crippen LogP contribution in [0.15, 0.2) is 53.8 Å². The van der Waals surface area contributed by atoms with Gasteiger partial charge in [0, 0.05) is 48.0 Å². The smallest absolute Gasteiger partial charge is 0.215 e. The lowest BCUT2D eigenvalue weighted by atomic mass is 10.2. The maximum absolute atomic E-state index is 6.02. The van der Waals surface area contributed by atoms with Gasteiger partial charge in [0.2, 0.25) is 5.88 Å². The summed E-state index contributed by atoms with van der Waals surface area (Å²) in [6.07, 6.45) is 7.51. The first-order valence-corrected chi connectivity index (χ1v) is 14.2. The minimum atomic E-state index is 0.527. The minimum absolute atomic E-state index is 0.527. The highest BCUT2D eigenvalue weighted by molar-refractivity contribution is 7.16. The summed E-state index contributed by atoms with van der Waals surface area (Å²) in [7, 11) is 0. The Labute approximate surface area is 222 Å². The Morgan fingerprint density at radius 1 is 1.00 bits per heavy atom. The Bertz CT molecular complexity index is 969. The van der Waals surface area contributed by atoms with Crippen molar-refractivity contribution in [2.24, 2.45) is 5.10 Å². The zero-order chi connectivity index (χ0) is 26.6. The Balaban J connectivity index is 0.00000154. The Morgan fingerprint density at radius 3 is 2.36 bits per heavy atom. The minimum Gasteiger partial charge on any atom is -0.477 e. The van der Waals surface area contributed by atoms with Crippen molar-refractivity contribution in [2.45, 2.75) is 74.1 Å². The maximum atomic E-state index is 6.02. The van der Waals surface area contributed by atoms with Crippen molar-refractivity contribution in [3.63, 3.8) is 0 Å². The van der Waals surface area contributed by atoms with Crippen LogP contribution >= 0.6 is 11.3 Å². The van der Waals surface area contributed by atoms with Crippen LogP contribution in [0, 0.1) is 0 Å².